The molecule has 1 aliphatic heterocycles. The van der Waals surface area contributed by atoms with Crippen LogP contribution in [0.5, 0.6) is 5.75 Å². The Balaban J connectivity index is 1.61. The molecule has 1 N–H and O–H groups in total. The van der Waals surface area contributed by atoms with Crippen LogP contribution in [0.1, 0.15) is 11.1 Å². The smallest absolute Gasteiger partial charge is 0.323 e. The van der Waals surface area contributed by atoms with Gasteiger partial charge >= 0.3 is 5.92 Å². The summed E-state index contributed by atoms with van der Waals surface area (Å²) < 4.78 is 65.8. The van der Waals surface area contributed by atoms with Gasteiger partial charge in [0.1, 0.15) is 35.5 Å². The summed E-state index contributed by atoms with van der Waals surface area (Å²) >= 11 is 0. The molecule has 0 saturated heterocycles. The fraction of sp³-hybridized carbons (Fsp3) is 0.227. The lowest BCUT2D eigenvalue weighted by atomic mass is 9.83. The van der Waals surface area contributed by atoms with Gasteiger partial charge in [-0.05, 0) is 59.0 Å². The average Bonchev–Trinajstić information content (AvgIpc) is 3.32. The maximum Gasteiger partial charge on any atom is 0.323 e. The van der Waals surface area contributed by atoms with Crippen LogP contribution in [0.2, 0.25) is 0 Å². The summed E-state index contributed by atoms with van der Waals surface area (Å²) in [5.74, 6) is -6.08. The highest BCUT2D eigenvalue weighted by atomic mass is 19.3. The Labute approximate surface area is 190 Å². The molecule has 4 rings (SSSR count). The Morgan fingerprint density at radius 1 is 1.18 bits per heavy atom. The molecule has 34 heavy (non-hydrogen) atoms. The van der Waals surface area contributed by atoms with Crippen LogP contribution in [0.3, 0.4) is 0 Å². The van der Waals surface area contributed by atoms with E-state index in [0.717, 1.165) is 29.2 Å². The Bertz CT molecular complexity index is 1270. The Morgan fingerprint density at radius 3 is 2.53 bits per heavy atom. The molecule has 0 saturated carbocycles. The van der Waals surface area contributed by atoms with Crippen molar-refractivity contribution in [2.75, 3.05) is 6.54 Å². The maximum atomic E-state index is 15.7. The lowest BCUT2D eigenvalue weighted by molar-refractivity contribution is -0.154. The molecule has 1 aliphatic rings. The summed E-state index contributed by atoms with van der Waals surface area (Å²) in [6, 6.07) is 10.1. The van der Waals surface area contributed by atoms with Crippen LogP contribution in [0, 0.1) is 23.0 Å². The number of ether oxygens (including phenoxy) is 1. The molecule has 2 heterocycles. The van der Waals surface area contributed by atoms with Crippen LogP contribution in [-0.2, 0) is 12.1 Å². The van der Waals surface area contributed by atoms with E-state index >= 15 is 8.78 Å². The SMILES string of the molecule is N#Cc1ccc(OC2C=CC(C(F)(F)C(O)(Cn3cnnn3)c3ccc(F)cc3F)=NC2)cc1. The molecule has 1 aromatic heterocycles. The second-order valence-corrected chi connectivity index (χ2v) is 7.44. The first kappa shape index (κ1) is 23.1. The number of aliphatic hydroxyl groups is 1. The normalized spacial score (nSPS) is 17.5. The second kappa shape index (κ2) is 9.03. The zero-order valence-electron chi connectivity index (χ0n) is 17.3. The molecule has 8 nitrogen and oxygen atoms in total. The molecule has 0 fully saturated rings. The molecule has 0 bridgehead atoms. The molecule has 174 valence electrons. The number of alkyl halides is 2. The van der Waals surface area contributed by atoms with E-state index in [-0.39, 0.29) is 6.54 Å². The van der Waals surface area contributed by atoms with E-state index in [2.05, 4.69) is 20.5 Å². The van der Waals surface area contributed by atoms with Crippen molar-refractivity contribution in [3.05, 3.63) is 83.7 Å². The molecular formula is C22H16F4N6O2. The molecule has 2 atom stereocenters. The van der Waals surface area contributed by atoms with Crippen LogP contribution in [0.4, 0.5) is 17.6 Å². The van der Waals surface area contributed by atoms with Gasteiger partial charge in [0, 0.05) is 11.6 Å². The number of aromatic nitrogens is 4. The Hall–Kier alpha value is -4.11. The number of benzene rings is 2. The first-order valence-corrected chi connectivity index (χ1v) is 9.89. The Morgan fingerprint density at radius 2 is 1.94 bits per heavy atom. The van der Waals surface area contributed by atoms with Gasteiger partial charge in [0.25, 0.3) is 0 Å². The van der Waals surface area contributed by atoms with E-state index in [4.69, 9.17) is 10.00 Å². The minimum absolute atomic E-state index is 0.214. The van der Waals surface area contributed by atoms with Crippen molar-refractivity contribution in [2.45, 2.75) is 24.2 Å². The number of hydrogen-bond donors (Lipinski definition) is 1. The first-order chi connectivity index (χ1) is 16.2. The van der Waals surface area contributed by atoms with Gasteiger partial charge in [-0.15, -0.1) is 5.10 Å². The molecule has 12 heteroatoms. The van der Waals surface area contributed by atoms with E-state index in [1.54, 1.807) is 24.3 Å². The van der Waals surface area contributed by atoms with Crippen molar-refractivity contribution in [3.63, 3.8) is 0 Å². The third kappa shape index (κ3) is 4.38. The zero-order valence-corrected chi connectivity index (χ0v) is 17.3. The molecule has 0 radical (unpaired) electrons. The lowest BCUT2D eigenvalue weighted by Crippen LogP contribution is -2.54. The predicted molar refractivity (Wildman–Crippen MR) is 110 cm³/mol. The van der Waals surface area contributed by atoms with Crippen molar-refractivity contribution in [1.29, 1.82) is 5.26 Å². The van der Waals surface area contributed by atoms with Crippen LogP contribution >= 0.6 is 0 Å². The second-order valence-electron chi connectivity index (χ2n) is 7.44. The van der Waals surface area contributed by atoms with Gasteiger partial charge in [-0.2, -0.15) is 14.0 Å². The van der Waals surface area contributed by atoms with Crippen molar-refractivity contribution >= 4 is 5.71 Å². The van der Waals surface area contributed by atoms with E-state index in [0.29, 0.717) is 17.4 Å². The number of tetrazole rings is 1. The third-order valence-corrected chi connectivity index (χ3v) is 5.18. The molecular weight excluding hydrogens is 456 g/mol. The predicted octanol–water partition coefficient (Wildman–Crippen LogP) is 2.80. The third-order valence-electron chi connectivity index (χ3n) is 5.18. The summed E-state index contributed by atoms with van der Waals surface area (Å²) in [7, 11) is 0. The number of nitrogens with zero attached hydrogens (tertiary/aromatic N) is 6. The van der Waals surface area contributed by atoms with Gasteiger partial charge in [-0.1, -0.05) is 0 Å². The average molecular weight is 472 g/mol. The van der Waals surface area contributed by atoms with E-state index in [1.807, 2.05) is 6.07 Å². The van der Waals surface area contributed by atoms with E-state index < -0.39 is 47.1 Å². The highest BCUT2D eigenvalue weighted by molar-refractivity contribution is 6.02. The van der Waals surface area contributed by atoms with Crippen molar-refractivity contribution in [3.8, 4) is 11.8 Å². The standard InChI is InChI=1S/C22H16F4N6O2/c23-15-3-7-18(19(24)9-15)21(33,12-32-13-29-30-31-32)22(25,26)20-8-6-17(11-28-20)34-16-4-1-14(10-27)2-5-16/h1-9,13,17,33H,11-12H2. The number of rotatable bonds is 7. The summed E-state index contributed by atoms with van der Waals surface area (Å²) in [6.07, 6.45) is 2.58. The Kier molecular flexibility index (Phi) is 6.12. The highest BCUT2D eigenvalue weighted by Gasteiger charge is 2.58. The first-order valence-electron chi connectivity index (χ1n) is 9.89. The number of allylic oxidation sites excluding steroid dienone is 1. The van der Waals surface area contributed by atoms with Crippen LogP contribution < -0.4 is 4.74 Å². The molecule has 0 amide bonds. The zero-order chi connectivity index (χ0) is 24.3. The summed E-state index contributed by atoms with van der Waals surface area (Å²) in [5, 5.41) is 30.1. The lowest BCUT2D eigenvalue weighted by Gasteiger charge is -2.37. The number of dihydropyridines is 1. The van der Waals surface area contributed by atoms with Gasteiger partial charge in [-0.3, -0.25) is 4.99 Å². The van der Waals surface area contributed by atoms with E-state index in [9.17, 15) is 13.9 Å². The van der Waals surface area contributed by atoms with Crippen LogP contribution in [0.15, 0.2) is 65.9 Å². The van der Waals surface area contributed by atoms with Gasteiger partial charge in [0.15, 0.2) is 5.60 Å². The molecule has 0 spiro atoms. The van der Waals surface area contributed by atoms with Gasteiger partial charge in [0.05, 0.1) is 24.7 Å². The van der Waals surface area contributed by atoms with Gasteiger partial charge in [0.2, 0.25) is 0 Å². The summed E-state index contributed by atoms with van der Waals surface area (Å²) in [6.45, 7) is -1.15. The fourth-order valence-electron chi connectivity index (χ4n) is 3.44. The number of hydrogen-bond acceptors (Lipinski definition) is 7. The van der Waals surface area contributed by atoms with Crippen LogP contribution in [0.25, 0.3) is 0 Å². The largest absolute Gasteiger partial charge is 0.484 e. The molecule has 3 aromatic rings. The van der Waals surface area contributed by atoms with Gasteiger partial charge in [-0.25, -0.2) is 13.5 Å². The number of halogens is 4. The summed E-state index contributed by atoms with van der Waals surface area (Å²) in [5.41, 5.74) is -4.45. The fourth-order valence-corrected chi connectivity index (χ4v) is 3.44. The molecule has 2 unspecified atom stereocenters. The minimum Gasteiger partial charge on any atom is -0.484 e. The molecule has 0 aliphatic carbocycles. The quantitative estimate of drug-likeness (QED) is 0.530. The van der Waals surface area contributed by atoms with Crippen molar-refractivity contribution in [2.24, 2.45) is 4.99 Å². The minimum atomic E-state index is -4.13. The number of nitriles is 1. The van der Waals surface area contributed by atoms with Crippen molar-refractivity contribution < 1.29 is 27.4 Å². The highest BCUT2D eigenvalue weighted by Crippen LogP contribution is 2.42. The van der Waals surface area contributed by atoms with Crippen molar-refractivity contribution in [1.82, 2.24) is 20.2 Å². The maximum absolute atomic E-state index is 15.7. The summed E-state index contributed by atoms with van der Waals surface area (Å²) in [4.78, 5) is 3.87. The van der Waals surface area contributed by atoms with Gasteiger partial charge < -0.3 is 9.84 Å². The van der Waals surface area contributed by atoms with E-state index in [1.165, 1.54) is 6.08 Å². The van der Waals surface area contributed by atoms with Crippen LogP contribution in [-0.4, -0.2) is 49.6 Å². The monoisotopic (exact) mass is 472 g/mol. The molecule has 2 aromatic carbocycles. The number of aliphatic imine (C=N–C) groups is 1. The topological polar surface area (TPSA) is 109 Å².